The summed E-state index contributed by atoms with van der Waals surface area (Å²) in [6.07, 6.45) is -1.84. The van der Waals surface area contributed by atoms with Gasteiger partial charge in [0.15, 0.2) is 0 Å². The molecular formula is C14H15F3N2O3. The Morgan fingerprint density at radius 1 is 1.50 bits per heavy atom. The normalized spacial score (nSPS) is 19.1. The number of halogens is 3. The van der Waals surface area contributed by atoms with Crippen molar-refractivity contribution < 1.29 is 27.8 Å². The number of nitrogens with zero attached hydrogens (tertiary/aromatic N) is 2. The summed E-state index contributed by atoms with van der Waals surface area (Å²) in [5.74, 6) is -1.06. The highest BCUT2D eigenvalue weighted by molar-refractivity contribution is 5.86. The monoisotopic (exact) mass is 316 g/mol. The number of hydrogen-bond acceptors (Lipinski definition) is 4. The highest BCUT2D eigenvalue weighted by Crippen LogP contribution is 2.32. The van der Waals surface area contributed by atoms with Gasteiger partial charge in [-0.2, -0.15) is 13.2 Å². The molecule has 0 amide bonds. The molecule has 120 valence electrons. The number of rotatable bonds is 4. The highest BCUT2D eigenvalue weighted by Gasteiger charge is 2.34. The molecule has 22 heavy (non-hydrogen) atoms. The fourth-order valence-corrected chi connectivity index (χ4v) is 2.27. The summed E-state index contributed by atoms with van der Waals surface area (Å²) in [7, 11) is 1.54. The first-order chi connectivity index (χ1) is 10.3. The van der Waals surface area contributed by atoms with E-state index in [0.717, 1.165) is 12.1 Å². The average Bonchev–Trinajstić information content (AvgIpc) is 2.92. The summed E-state index contributed by atoms with van der Waals surface area (Å²) in [6, 6.07) is 2.07. The molecule has 1 aliphatic rings. The van der Waals surface area contributed by atoms with Crippen molar-refractivity contribution in [3.05, 3.63) is 29.5 Å². The lowest BCUT2D eigenvalue weighted by Gasteiger charge is -2.21. The Kier molecular flexibility index (Phi) is 4.70. The van der Waals surface area contributed by atoms with Crippen LogP contribution in [0, 0.1) is 0 Å². The zero-order valence-electron chi connectivity index (χ0n) is 11.8. The third-order valence-corrected chi connectivity index (χ3v) is 3.38. The van der Waals surface area contributed by atoms with Gasteiger partial charge >= 0.3 is 12.1 Å². The number of carbonyl (C=O) groups is 1. The first-order valence-corrected chi connectivity index (χ1v) is 6.58. The summed E-state index contributed by atoms with van der Waals surface area (Å²) in [5.41, 5.74) is -0.678. The first-order valence-electron chi connectivity index (χ1n) is 6.58. The van der Waals surface area contributed by atoms with E-state index in [-0.39, 0.29) is 11.9 Å². The topological polar surface area (TPSA) is 62.7 Å². The Bertz CT molecular complexity index is 587. The molecule has 1 aliphatic heterocycles. The van der Waals surface area contributed by atoms with Gasteiger partial charge in [0.25, 0.3) is 0 Å². The van der Waals surface area contributed by atoms with Crippen LogP contribution in [-0.4, -0.2) is 42.4 Å². The number of carboxylic acid groups (broad SMARTS) is 1. The molecule has 1 aromatic rings. The molecular weight excluding hydrogens is 301 g/mol. The van der Waals surface area contributed by atoms with Crippen molar-refractivity contribution in [2.45, 2.75) is 18.7 Å². The third kappa shape index (κ3) is 3.76. The van der Waals surface area contributed by atoms with Crippen molar-refractivity contribution >= 4 is 17.9 Å². The summed E-state index contributed by atoms with van der Waals surface area (Å²) in [6.45, 7) is 0.916. The summed E-state index contributed by atoms with van der Waals surface area (Å²) in [4.78, 5) is 16.0. The van der Waals surface area contributed by atoms with E-state index in [1.807, 2.05) is 0 Å². The zero-order chi connectivity index (χ0) is 16.3. The van der Waals surface area contributed by atoms with Gasteiger partial charge in [0.2, 0.25) is 0 Å². The molecule has 1 aromatic heterocycles. The second kappa shape index (κ2) is 6.35. The quantitative estimate of drug-likeness (QED) is 0.864. The van der Waals surface area contributed by atoms with Crippen LogP contribution in [0.5, 0.6) is 0 Å². The van der Waals surface area contributed by atoms with Gasteiger partial charge in [0, 0.05) is 31.8 Å². The molecule has 0 aliphatic carbocycles. The number of carboxylic acids is 1. The smallest absolute Gasteiger partial charge is 0.433 e. The molecule has 0 spiro atoms. The third-order valence-electron chi connectivity index (χ3n) is 3.38. The Morgan fingerprint density at radius 3 is 2.77 bits per heavy atom. The van der Waals surface area contributed by atoms with Crippen molar-refractivity contribution in [1.82, 2.24) is 4.98 Å². The van der Waals surface area contributed by atoms with Gasteiger partial charge in [-0.3, -0.25) is 0 Å². The SMILES string of the molecule is COC1CCN(c2nc(C(F)(F)F)ccc2/C=C/C(=O)O)C1. The second-order valence-corrected chi connectivity index (χ2v) is 4.87. The first kappa shape index (κ1) is 16.3. The van der Waals surface area contributed by atoms with E-state index in [4.69, 9.17) is 9.84 Å². The highest BCUT2D eigenvalue weighted by atomic mass is 19.4. The molecule has 1 N–H and O–H groups in total. The molecule has 1 atom stereocenters. The molecule has 1 unspecified atom stereocenters. The Hall–Kier alpha value is -2.09. The Labute approximate surface area is 125 Å². The summed E-state index contributed by atoms with van der Waals surface area (Å²) < 4.78 is 43.7. The average molecular weight is 316 g/mol. The molecule has 1 fully saturated rings. The van der Waals surface area contributed by atoms with Crippen LogP contribution < -0.4 is 4.90 Å². The van der Waals surface area contributed by atoms with E-state index in [1.165, 1.54) is 12.1 Å². The van der Waals surface area contributed by atoms with E-state index in [9.17, 15) is 18.0 Å². The van der Waals surface area contributed by atoms with Crippen molar-refractivity contribution in [2.24, 2.45) is 0 Å². The summed E-state index contributed by atoms with van der Waals surface area (Å²) in [5, 5.41) is 8.67. The van der Waals surface area contributed by atoms with Gasteiger partial charge in [-0.15, -0.1) is 0 Å². The van der Waals surface area contributed by atoms with Gasteiger partial charge in [-0.25, -0.2) is 9.78 Å². The molecule has 0 bridgehead atoms. The van der Waals surface area contributed by atoms with Gasteiger partial charge in [-0.05, 0) is 24.6 Å². The molecule has 1 saturated heterocycles. The van der Waals surface area contributed by atoms with Gasteiger partial charge in [-0.1, -0.05) is 0 Å². The van der Waals surface area contributed by atoms with Gasteiger partial charge < -0.3 is 14.7 Å². The predicted octanol–water partition coefficient (Wildman–Crippen LogP) is 2.42. The minimum atomic E-state index is -4.55. The zero-order valence-corrected chi connectivity index (χ0v) is 11.8. The van der Waals surface area contributed by atoms with Crippen LogP contribution in [0.4, 0.5) is 19.0 Å². The van der Waals surface area contributed by atoms with Crippen LogP contribution in [0.15, 0.2) is 18.2 Å². The van der Waals surface area contributed by atoms with Crippen molar-refractivity contribution in [3.8, 4) is 0 Å². The van der Waals surface area contributed by atoms with Crippen LogP contribution in [-0.2, 0) is 15.7 Å². The lowest BCUT2D eigenvalue weighted by Crippen LogP contribution is -2.25. The van der Waals surface area contributed by atoms with Crippen LogP contribution in [0.2, 0.25) is 0 Å². The van der Waals surface area contributed by atoms with E-state index in [2.05, 4.69) is 4.98 Å². The van der Waals surface area contributed by atoms with Crippen molar-refractivity contribution in [3.63, 3.8) is 0 Å². The number of pyridine rings is 1. The summed E-state index contributed by atoms with van der Waals surface area (Å²) >= 11 is 0. The van der Waals surface area contributed by atoms with Crippen molar-refractivity contribution in [2.75, 3.05) is 25.1 Å². The fraction of sp³-hybridized carbons (Fsp3) is 0.429. The van der Waals surface area contributed by atoms with Crippen LogP contribution >= 0.6 is 0 Å². The van der Waals surface area contributed by atoms with E-state index >= 15 is 0 Å². The maximum absolute atomic E-state index is 12.8. The van der Waals surface area contributed by atoms with E-state index in [0.29, 0.717) is 25.1 Å². The van der Waals surface area contributed by atoms with Crippen LogP contribution in [0.3, 0.4) is 0 Å². The number of anilines is 1. The second-order valence-electron chi connectivity index (χ2n) is 4.87. The van der Waals surface area contributed by atoms with E-state index < -0.39 is 17.8 Å². The largest absolute Gasteiger partial charge is 0.478 e. The molecule has 0 saturated carbocycles. The van der Waals surface area contributed by atoms with E-state index in [1.54, 1.807) is 12.0 Å². The number of methoxy groups -OCH3 is 1. The van der Waals surface area contributed by atoms with Crippen LogP contribution in [0.25, 0.3) is 6.08 Å². The van der Waals surface area contributed by atoms with Crippen LogP contribution in [0.1, 0.15) is 17.7 Å². The number of ether oxygens (including phenoxy) is 1. The predicted molar refractivity (Wildman–Crippen MR) is 73.5 cm³/mol. The van der Waals surface area contributed by atoms with Gasteiger partial charge in [0.05, 0.1) is 6.10 Å². The minimum absolute atomic E-state index is 0.0763. The molecule has 2 heterocycles. The van der Waals surface area contributed by atoms with Crippen molar-refractivity contribution in [1.29, 1.82) is 0 Å². The molecule has 0 aromatic carbocycles. The molecule has 5 nitrogen and oxygen atoms in total. The molecule has 0 radical (unpaired) electrons. The number of alkyl halides is 3. The number of aliphatic carboxylic acids is 1. The number of aromatic nitrogens is 1. The molecule has 2 rings (SSSR count). The lowest BCUT2D eigenvalue weighted by molar-refractivity contribution is -0.141. The van der Waals surface area contributed by atoms with Gasteiger partial charge in [0.1, 0.15) is 11.5 Å². The fourth-order valence-electron chi connectivity index (χ4n) is 2.27. The molecule has 8 heteroatoms. The Morgan fingerprint density at radius 2 is 2.23 bits per heavy atom. The number of hydrogen-bond donors (Lipinski definition) is 1. The lowest BCUT2D eigenvalue weighted by atomic mass is 10.2. The Balaban J connectivity index is 2.39. The minimum Gasteiger partial charge on any atom is -0.478 e. The maximum Gasteiger partial charge on any atom is 0.433 e. The maximum atomic E-state index is 12.8. The standard InChI is InChI=1S/C14H15F3N2O3/c1-22-10-6-7-19(8-10)13-9(3-5-12(20)21)2-4-11(18-13)14(15,16)17/h2-5,10H,6-8H2,1H3,(H,20,21)/b5-3+.